The van der Waals surface area contributed by atoms with Crippen molar-refractivity contribution < 1.29 is 9.90 Å². The summed E-state index contributed by atoms with van der Waals surface area (Å²) < 4.78 is 0.791. The Bertz CT molecular complexity index is 467. The summed E-state index contributed by atoms with van der Waals surface area (Å²) >= 11 is 3.31. The van der Waals surface area contributed by atoms with Gasteiger partial charge in [-0.3, -0.25) is 0 Å². The predicted octanol–water partition coefficient (Wildman–Crippen LogP) is 4.53. The number of anilines is 1. The van der Waals surface area contributed by atoms with Gasteiger partial charge < -0.3 is 10.4 Å². The summed E-state index contributed by atoms with van der Waals surface area (Å²) in [5.74, 6) is -0.891. The van der Waals surface area contributed by atoms with Crippen molar-refractivity contribution in [3.8, 4) is 0 Å². The normalized spacial score (nSPS) is 18.0. The Balaban J connectivity index is 2.08. The lowest BCUT2D eigenvalue weighted by atomic mass is 9.75. The zero-order valence-corrected chi connectivity index (χ0v) is 12.8. The first kappa shape index (κ1) is 14.4. The van der Waals surface area contributed by atoms with Crippen molar-refractivity contribution in [2.24, 2.45) is 5.41 Å². The molecule has 0 spiro atoms. The first-order valence-electron chi connectivity index (χ1n) is 6.77. The molecule has 0 bridgehead atoms. The molecular weight excluding hydrogens is 306 g/mol. The molecule has 1 aliphatic rings. The Labute approximate surface area is 122 Å². The topological polar surface area (TPSA) is 49.3 Å². The molecule has 3 nitrogen and oxygen atoms in total. The third kappa shape index (κ3) is 3.72. The van der Waals surface area contributed by atoms with Crippen LogP contribution in [0.1, 0.15) is 49.4 Å². The summed E-state index contributed by atoms with van der Waals surface area (Å²) in [5.41, 5.74) is 1.33. The molecular formula is C15H20BrNO2. The van der Waals surface area contributed by atoms with Crippen molar-refractivity contribution in [3.05, 3.63) is 28.2 Å². The van der Waals surface area contributed by atoms with Crippen molar-refractivity contribution in [3.63, 3.8) is 0 Å². The second-order valence-corrected chi connectivity index (χ2v) is 6.64. The van der Waals surface area contributed by atoms with Gasteiger partial charge in [-0.15, -0.1) is 0 Å². The molecule has 0 saturated heterocycles. The van der Waals surface area contributed by atoms with Crippen LogP contribution in [-0.2, 0) is 0 Å². The van der Waals surface area contributed by atoms with Crippen molar-refractivity contribution >= 4 is 27.6 Å². The lowest BCUT2D eigenvalue weighted by molar-refractivity contribution is 0.0697. The number of carbonyl (C=O) groups is 1. The zero-order chi connectivity index (χ0) is 13.9. The Morgan fingerprint density at radius 2 is 2.05 bits per heavy atom. The molecule has 0 aromatic heterocycles. The molecule has 19 heavy (non-hydrogen) atoms. The van der Waals surface area contributed by atoms with E-state index < -0.39 is 5.97 Å². The number of hydrogen-bond donors (Lipinski definition) is 2. The molecule has 0 heterocycles. The quantitative estimate of drug-likeness (QED) is 0.855. The maximum atomic E-state index is 11.2. The fourth-order valence-corrected chi connectivity index (χ4v) is 3.10. The number of carboxylic acid groups (broad SMARTS) is 1. The van der Waals surface area contributed by atoms with Gasteiger partial charge in [0, 0.05) is 16.7 Å². The standard InChI is InChI=1S/C15H20BrNO2/c1-15(7-3-2-4-8-15)10-17-13-6-5-11(16)9-12(13)14(18)19/h5-6,9,17H,2-4,7-8,10H2,1H3,(H,18,19). The lowest BCUT2D eigenvalue weighted by Gasteiger charge is -2.34. The summed E-state index contributed by atoms with van der Waals surface area (Å²) in [6.45, 7) is 3.13. The van der Waals surface area contributed by atoms with Crippen LogP contribution in [0.5, 0.6) is 0 Å². The minimum atomic E-state index is -0.891. The van der Waals surface area contributed by atoms with Gasteiger partial charge in [0.1, 0.15) is 0 Å². The number of rotatable bonds is 4. The van der Waals surface area contributed by atoms with Gasteiger partial charge in [0.25, 0.3) is 0 Å². The van der Waals surface area contributed by atoms with Crippen LogP contribution in [0.4, 0.5) is 5.69 Å². The number of benzene rings is 1. The van der Waals surface area contributed by atoms with E-state index in [0.29, 0.717) is 16.7 Å². The molecule has 0 atom stereocenters. The van der Waals surface area contributed by atoms with E-state index in [9.17, 15) is 9.90 Å². The zero-order valence-electron chi connectivity index (χ0n) is 11.2. The van der Waals surface area contributed by atoms with E-state index in [4.69, 9.17) is 0 Å². The molecule has 4 heteroatoms. The van der Waals surface area contributed by atoms with Gasteiger partial charge in [-0.1, -0.05) is 42.1 Å². The van der Waals surface area contributed by atoms with Gasteiger partial charge in [0.15, 0.2) is 0 Å². The van der Waals surface area contributed by atoms with E-state index in [1.807, 2.05) is 12.1 Å². The van der Waals surface area contributed by atoms with E-state index in [2.05, 4.69) is 28.2 Å². The Morgan fingerprint density at radius 1 is 1.37 bits per heavy atom. The molecule has 104 valence electrons. The number of halogens is 1. The van der Waals surface area contributed by atoms with E-state index in [1.54, 1.807) is 6.07 Å². The number of aromatic carboxylic acids is 1. The van der Waals surface area contributed by atoms with Crippen LogP contribution in [0, 0.1) is 5.41 Å². The molecule has 0 aliphatic heterocycles. The maximum Gasteiger partial charge on any atom is 0.337 e. The van der Waals surface area contributed by atoms with Gasteiger partial charge in [-0.25, -0.2) is 4.79 Å². The third-order valence-electron chi connectivity index (χ3n) is 3.98. The third-order valence-corrected chi connectivity index (χ3v) is 4.47. The summed E-state index contributed by atoms with van der Waals surface area (Å²) in [6, 6.07) is 5.35. The molecule has 1 aliphatic carbocycles. The number of nitrogens with one attached hydrogen (secondary N) is 1. The highest BCUT2D eigenvalue weighted by Crippen LogP contribution is 2.36. The van der Waals surface area contributed by atoms with Crippen LogP contribution in [0.3, 0.4) is 0 Å². The van der Waals surface area contributed by atoms with E-state index >= 15 is 0 Å². The maximum absolute atomic E-state index is 11.2. The van der Waals surface area contributed by atoms with Crippen LogP contribution in [0.2, 0.25) is 0 Å². The smallest absolute Gasteiger partial charge is 0.337 e. The predicted molar refractivity (Wildman–Crippen MR) is 80.8 cm³/mol. The molecule has 1 aromatic carbocycles. The molecule has 0 radical (unpaired) electrons. The fraction of sp³-hybridized carbons (Fsp3) is 0.533. The SMILES string of the molecule is CC1(CNc2ccc(Br)cc2C(=O)O)CCCCC1. The first-order valence-corrected chi connectivity index (χ1v) is 7.56. The van der Waals surface area contributed by atoms with Gasteiger partial charge in [-0.2, -0.15) is 0 Å². The molecule has 1 saturated carbocycles. The second-order valence-electron chi connectivity index (χ2n) is 5.72. The van der Waals surface area contributed by atoms with Crippen LogP contribution < -0.4 is 5.32 Å². The van der Waals surface area contributed by atoms with Crippen molar-refractivity contribution in [1.29, 1.82) is 0 Å². The Hall–Kier alpha value is -1.03. The molecule has 2 rings (SSSR count). The Kier molecular flexibility index (Phi) is 4.50. The van der Waals surface area contributed by atoms with E-state index in [-0.39, 0.29) is 0 Å². The summed E-state index contributed by atoms with van der Waals surface area (Å²) in [4.78, 5) is 11.2. The van der Waals surface area contributed by atoms with Gasteiger partial charge in [0.2, 0.25) is 0 Å². The second kappa shape index (κ2) is 5.95. The highest BCUT2D eigenvalue weighted by molar-refractivity contribution is 9.10. The highest BCUT2D eigenvalue weighted by Gasteiger charge is 2.26. The van der Waals surface area contributed by atoms with E-state index in [1.165, 1.54) is 32.1 Å². The molecule has 0 unspecified atom stereocenters. The van der Waals surface area contributed by atoms with Crippen molar-refractivity contribution in [2.45, 2.75) is 39.0 Å². The van der Waals surface area contributed by atoms with Gasteiger partial charge in [-0.05, 0) is 36.5 Å². The summed E-state index contributed by atoms with van der Waals surface area (Å²) in [5, 5.41) is 12.6. The number of carboxylic acids is 1. The van der Waals surface area contributed by atoms with Crippen LogP contribution in [-0.4, -0.2) is 17.6 Å². The van der Waals surface area contributed by atoms with Crippen LogP contribution in [0.15, 0.2) is 22.7 Å². The number of hydrogen-bond acceptors (Lipinski definition) is 2. The molecule has 1 fully saturated rings. The Morgan fingerprint density at radius 3 is 2.68 bits per heavy atom. The van der Waals surface area contributed by atoms with Crippen molar-refractivity contribution in [2.75, 3.05) is 11.9 Å². The first-order chi connectivity index (χ1) is 9.00. The average molecular weight is 326 g/mol. The molecule has 1 aromatic rings. The summed E-state index contributed by atoms with van der Waals surface area (Å²) in [6.07, 6.45) is 6.33. The monoisotopic (exact) mass is 325 g/mol. The average Bonchev–Trinajstić information content (AvgIpc) is 2.38. The summed E-state index contributed by atoms with van der Waals surface area (Å²) in [7, 11) is 0. The molecule has 2 N–H and O–H groups in total. The fourth-order valence-electron chi connectivity index (χ4n) is 2.74. The minimum Gasteiger partial charge on any atom is -0.478 e. The van der Waals surface area contributed by atoms with Crippen LogP contribution >= 0.6 is 15.9 Å². The van der Waals surface area contributed by atoms with Crippen LogP contribution in [0.25, 0.3) is 0 Å². The lowest BCUT2D eigenvalue weighted by Crippen LogP contribution is -2.29. The largest absolute Gasteiger partial charge is 0.478 e. The highest BCUT2D eigenvalue weighted by atomic mass is 79.9. The van der Waals surface area contributed by atoms with E-state index in [0.717, 1.165) is 11.0 Å². The molecule has 0 amide bonds. The van der Waals surface area contributed by atoms with Gasteiger partial charge >= 0.3 is 5.97 Å². The van der Waals surface area contributed by atoms with Crippen molar-refractivity contribution in [1.82, 2.24) is 0 Å². The minimum absolute atomic E-state index is 0.293. The van der Waals surface area contributed by atoms with Gasteiger partial charge in [0.05, 0.1) is 5.56 Å².